The van der Waals surface area contributed by atoms with E-state index >= 15 is 0 Å². The molecule has 0 aliphatic carbocycles. The quantitative estimate of drug-likeness (QED) is 0.546. The van der Waals surface area contributed by atoms with Gasteiger partial charge in [0.25, 0.3) is 5.91 Å². The van der Waals surface area contributed by atoms with Gasteiger partial charge in [0, 0.05) is 31.6 Å². The normalized spacial score (nSPS) is 10.5. The molecule has 0 radical (unpaired) electrons. The van der Waals surface area contributed by atoms with E-state index in [1.54, 1.807) is 19.4 Å². The van der Waals surface area contributed by atoms with E-state index in [0.29, 0.717) is 25.3 Å². The number of rotatable bonds is 9. The average Bonchev–Trinajstić information content (AvgIpc) is 3.26. The summed E-state index contributed by atoms with van der Waals surface area (Å²) >= 11 is 0. The van der Waals surface area contributed by atoms with Gasteiger partial charge < -0.3 is 15.4 Å². The number of benzene rings is 2. The van der Waals surface area contributed by atoms with Crippen molar-refractivity contribution >= 4 is 11.8 Å². The van der Waals surface area contributed by atoms with E-state index in [-0.39, 0.29) is 18.4 Å². The van der Waals surface area contributed by atoms with Gasteiger partial charge in [0.05, 0.1) is 19.7 Å². The summed E-state index contributed by atoms with van der Waals surface area (Å²) in [6.45, 7) is 1.44. The number of ether oxygens (including phenoxy) is 1. The van der Waals surface area contributed by atoms with Crippen LogP contribution in [0.15, 0.2) is 67.0 Å². The van der Waals surface area contributed by atoms with Crippen molar-refractivity contribution in [3.63, 3.8) is 0 Å². The van der Waals surface area contributed by atoms with Crippen molar-refractivity contribution in [1.29, 1.82) is 0 Å². The fourth-order valence-corrected chi connectivity index (χ4v) is 2.91. The maximum absolute atomic E-state index is 12.6. The van der Waals surface area contributed by atoms with Gasteiger partial charge in [-0.3, -0.25) is 14.3 Å². The Hall–Kier alpha value is -3.45. The highest BCUT2D eigenvalue weighted by Gasteiger charge is 2.13. The highest BCUT2D eigenvalue weighted by Crippen LogP contribution is 2.24. The number of carbonyl (C=O) groups excluding carboxylic acids is 2. The van der Waals surface area contributed by atoms with Gasteiger partial charge in [-0.25, -0.2) is 0 Å². The Labute approximate surface area is 169 Å². The number of carbonyl (C=O) groups is 2. The van der Waals surface area contributed by atoms with E-state index in [4.69, 9.17) is 4.74 Å². The minimum absolute atomic E-state index is 0.0836. The minimum atomic E-state index is -0.289. The van der Waals surface area contributed by atoms with E-state index in [2.05, 4.69) is 15.7 Å². The van der Waals surface area contributed by atoms with Crippen LogP contribution in [0.1, 0.15) is 15.9 Å². The Balaban J connectivity index is 1.66. The monoisotopic (exact) mass is 392 g/mol. The van der Waals surface area contributed by atoms with Gasteiger partial charge in [-0.2, -0.15) is 5.10 Å². The third-order valence-electron chi connectivity index (χ3n) is 4.38. The van der Waals surface area contributed by atoms with Gasteiger partial charge in [0.15, 0.2) is 0 Å². The zero-order valence-electron chi connectivity index (χ0n) is 16.3. The number of nitrogens with one attached hydrogen (secondary N) is 2. The first-order valence-electron chi connectivity index (χ1n) is 9.37. The number of aromatic nitrogens is 2. The standard InChI is InChI=1S/C22H24N4O3/c1-29-14-12-23-21(27)15-24-22(28)20-6-3-2-5-19(20)18-9-7-17(8-10-18)16-26-13-4-11-25-26/h2-11,13H,12,14-16H2,1H3,(H,23,27)(H,24,28). The second kappa shape index (κ2) is 10.2. The summed E-state index contributed by atoms with van der Waals surface area (Å²) in [5, 5.41) is 9.56. The summed E-state index contributed by atoms with van der Waals surface area (Å²) in [5.74, 6) is -0.543. The van der Waals surface area contributed by atoms with Crippen molar-refractivity contribution < 1.29 is 14.3 Å². The van der Waals surface area contributed by atoms with Crippen LogP contribution in [0, 0.1) is 0 Å². The molecule has 0 spiro atoms. The van der Waals surface area contributed by atoms with Gasteiger partial charge in [-0.15, -0.1) is 0 Å². The van der Waals surface area contributed by atoms with E-state index in [0.717, 1.165) is 16.7 Å². The van der Waals surface area contributed by atoms with Crippen molar-refractivity contribution in [2.45, 2.75) is 6.54 Å². The maximum atomic E-state index is 12.6. The largest absolute Gasteiger partial charge is 0.383 e. The molecule has 3 rings (SSSR count). The number of nitrogens with zero attached hydrogens (tertiary/aromatic N) is 2. The third kappa shape index (κ3) is 5.76. The second-order valence-corrected chi connectivity index (χ2v) is 6.47. The summed E-state index contributed by atoms with van der Waals surface area (Å²) in [6.07, 6.45) is 3.67. The fraction of sp³-hybridized carbons (Fsp3) is 0.227. The number of methoxy groups -OCH3 is 1. The van der Waals surface area contributed by atoms with Gasteiger partial charge in [0.1, 0.15) is 0 Å². The summed E-state index contributed by atoms with van der Waals surface area (Å²) < 4.78 is 6.74. The molecule has 2 N–H and O–H groups in total. The first kappa shape index (κ1) is 20.3. The summed E-state index contributed by atoms with van der Waals surface area (Å²) in [6, 6.07) is 17.3. The van der Waals surface area contributed by atoms with Crippen LogP contribution >= 0.6 is 0 Å². The van der Waals surface area contributed by atoms with Gasteiger partial charge in [-0.05, 0) is 28.8 Å². The fourth-order valence-electron chi connectivity index (χ4n) is 2.91. The van der Waals surface area contributed by atoms with Gasteiger partial charge in [0.2, 0.25) is 5.91 Å². The minimum Gasteiger partial charge on any atom is -0.383 e. The number of hydrogen-bond acceptors (Lipinski definition) is 4. The molecular weight excluding hydrogens is 368 g/mol. The van der Waals surface area contributed by atoms with Crippen molar-refractivity contribution in [1.82, 2.24) is 20.4 Å². The molecular formula is C22H24N4O3. The zero-order valence-corrected chi connectivity index (χ0v) is 16.3. The van der Waals surface area contributed by atoms with Crippen LogP contribution in [-0.4, -0.2) is 48.4 Å². The SMILES string of the molecule is COCCNC(=O)CNC(=O)c1ccccc1-c1ccc(Cn2cccn2)cc1. The lowest BCUT2D eigenvalue weighted by atomic mass is 9.98. The predicted molar refractivity (Wildman–Crippen MR) is 110 cm³/mol. The third-order valence-corrected chi connectivity index (χ3v) is 4.38. The molecule has 1 aromatic heterocycles. The molecule has 29 heavy (non-hydrogen) atoms. The van der Waals surface area contributed by atoms with Crippen molar-refractivity contribution in [2.75, 3.05) is 26.8 Å². The molecule has 1 heterocycles. The van der Waals surface area contributed by atoms with E-state index in [1.165, 1.54) is 0 Å². The Morgan fingerprint density at radius 2 is 1.83 bits per heavy atom. The Morgan fingerprint density at radius 1 is 1.03 bits per heavy atom. The van der Waals surface area contributed by atoms with Crippen LogP contribution in [-0.2, 0) is 16.1 Å². The Bertz CT molecular complexity index is 937. The Morgan fingerprint density at radius 3 is 2.55 bits per heavy atom. The van der Waals surface area contributed by atoms with E-state index in [1.807, 2.05) is 59.4 Å². The molecule has 0 aliphatic heterocycles. The molecule has 0 aliphatic rings. The van der Waals surface area contributed by atoms with Crippen LogP contribution in [0.5, 0.6) is 0 Å². The summed E-state index contributed by atoms with van der Waals surface area (Å²) in [5.41, 5.74) is 3.39. The molecule has 150 valence electrons. The predicted octanol–water partition coefficient (Wildman–Crippen LogP) is 2.09. The second-order valence-electron chi connectivity index (χ2n) is 6.47. The van der Waals surface area contributed by atoms with Crippen LogP contribution in [0.25, 0.3) is 11.1 Å². The molecule has 7 heteroatoms. The van der Waals surface area contributed by atoms with Crippen LogP contribution in [0.2, 0.25) is 0 Å². The van der Waals surface area contributed by atoms with Crippen LogP contribution in [0.4, 0.5) is 0 Å². The highest BCUT2D eigenvalue weighted by atomic mass is 16.5. The lowest BCUT2D eigenvalue weighted by Crippen LogP contribution is -2.38. The lowest BCUT2D eigenvalue weighted by molar-refractivity contribution is -0.120. The summed E-state index contributed by atoms with van der Waals surface area (Å²) in [4.78, 5) is 24.4. The van der Waals surface area contributed by atoms with Crippen molar-refractivity contribution in [2.24, 2.45) is 0 Å². The number of amides is 2. The molecule has 3 aromatic rings. The zero-order chi connectivity index (χ0) is 20.5. The first-order chi connectivity index (χ1) is 14.2. The first-order valence-corrected chi connectivity index (χ1v) is 9.37. The highest BCUT2D eigenvalue weighted by molar-refractivity contribution is 6.02. The smallest absolute Gasteiger partial charge is 0.252 e. The maximum Gasteiger partial charge on any atom is 0.252 e. The van der Waals surface area contributed by atoms with Gasteiger partial charge in [-0.1, -0.05) is 42.5 Å². The molecule has 0 saturated heterocycles. The molecule has 0 saturated carbocycles. The Kier molecular flexibility index (Phi) is 7.13. The van der Waals surface area contributed by atoms with Crippen molar-refractivity contribution in [3.05, 3.63) is 78.1 Å². The van der Waals surface area contributed by atoms with Crippen molar-refractivity contribution in [3.8, 4) is 11.1 Å². The molecule has 0 bridgehead atoms. The molecule has 2 amide bonds. The van der Waals surface area contributed by atoms with Gasteiger partial charge >= 0.3 is 0 Å². The molecule has 0 fully saturated rings. The molecule has 7 nitrogen and oxygen atoms in total. The topological polar surface area (TPSA) is 85.3 Å². The number of hydrogen-bond donors (Lipinski definition) is 2. The van der Waals surface area contributed by atoms with Crippen LogP contribution in [0.3, 0.4) is 0 Å². The molecule has 0 atom stereocenters. The lowest BCUT2D eigenvalue weighted by Gasteiger charge is -2.11. The molecule has 2 aromatic carbocycles. The van der Waals surface area contributed by atoms with E-state index < -0.39 is 0 Å². The average molecular weight is 392 g/mol. The summed E-state index contributed by atoms with van der Waals surface area (Å²) in [7, 11) is 1.56. The molecule has 0 unspecified atom stereocenters. The van der Waals surface area contributed by atoms with E-state index in [9.17, 15) is 9.59 Å². The van der Waals surface area contributed by atoms with Crippen LogP contribution < -0.4 is 10.6 Å².